The second-order valence-corrected chi connectivity index (χ2v) is 5.34. The van der Waals surface area contributed by atoms with E-state index >= 15 is 0 Å². The lowest BCUT2D eigenvalue weighted by Crippen LogP contribution is -1.82. The molecule has 0 radical (unpaired) electrons. The predicted molar refractivity (Wildman–Crippen MR) is 84.2 cm³/mol. The molecule has 0 unspecified atom stereocenters. The summed E-state index contributed by atoms with van der Waals surface area (Å²) in [5.74, 6) is 1.07. The summed E-state index contributed by atoms with van der Waals surface area (Å²) in [6.45, 7) is 0. The monoisotopic (exact) mass is 295 g/mol. The van der Waals surface area contributed by atoms with Crippen molar-refractivity contribution in [1.29, 1.82) is 0 Å². The zero-order valence-corrected chi connectivity index (χ0v) is 12.0. The summed E-state index contributed by atoms with van der Waals surface area (Å²) in [5.41, 5.74) is 2.77. The van der Waals surface area contributed by atoms with Crippen LogP contribution in [0.15, 0.2) is 70.3 Å². The Balaban J connectivity index is 2.08. The molecule has 0 saturated carbocycles. The highest BCUT2D eigenvalue weighted by Gasteiger charge is 2.16. The third kappa shape index (κ3) is 3.06. The summed E-state index contributed by atoms with van der Waals surface area (Å²) < 4.78 is 5.85. The summed E-state index contributed by atoms with van der Waals surface area (Å²) in [6, 6.07) is 19.8. The highest BCUT2D eigenvalue weighted by atomic mass is 32.2. The lowest BCUT2D eigenvalue weighted by Gasteiger charge is -2.00. The van der Waals surface area contributed by atoms with Crippen LogP contribution >= 0.6 is 11.8 Å². The summed E-state index contributed by atoms with van der Waals surface area (Å²) in [5, 5.41) is 0.514. The maximum Gasteiger partial charge on any atom is 0.257 e. The van der Waals surface area contributed by atoms with Gasteiger partial charge in [0.1, 0.15) is 12.0 Å². The third-order valence-electron chi connectivity index (χ3n) is 2.97. The summed E-state index contributed by atoms with van der Waals surface area (Å²) in [6.07, 6.45) is 0.846. The number of thioether (sulfide) groups is 1. The van der Waals surface area contributed by atoms with Gasteiger partial charge in [-0.05, 0) is 0 Å². The number of hydrogen-bond donors (Lipinski definition) is 0. The van der Waals surface area contributed by atoms with E-state index in [0.717, 1.165) is 28.9 Å². The molecule has 0 aliphatic rings. The first-order valence-electron chi connectivity index (χ1n) is 6.56. The van der Waals surface area contributed by atoms with Crippen LogP contribution in [0.3, 0.4) is 0 Å². The van der Waals surface area contributed by atoms with Gasteiger partial charge in [-0.15, -0.1) is 0 Å². The molecule has 0 amide bonds. The number of nitrogens with zero attached hydrogens (tertiary/aromatic N) is 1. The van der Waals surface area contributed by atoms with Crippen molar-refractivity contribution in [2.24, 2.45) is 0 Å². The Labute approximate surface area is 127 Å². The first kappa shape index (κ1) is 13.6. The quantitative estimate of drug-likeness (QED) is 0.520. The highest BCUT2D eigenvalue weighted by molar-refractivity contribution is 7.99. The Bertz CT molecular complexity index is 666. The van der Waals surface area contributed by atoms with Gasteiger partial charge in [0.2, 0.25) is 0 Å². The fraction of sp³-hybridized carbons (Fsp3) is 0.0588. The number of rotatable bonds is 5. The van der Waals surface area contributed by atoms with Gasteiger partial charge in [-0.2, -0.15) is 0 Å². The minimum Gasteiger partial charge on any atom is -0.431 e. The Morgan fingerprint density at radius 2 is 1.57 bits per heavy atom. The highest BCUT2D eigenvalue weighted by Crippen LogP contribution is 2.35. The van der Waals surface area contributed by atoms with Crippen molar-refractivity contribution in [2.45, 2.75) is 5.22 Å². The minimum absolute atomic E-state index is 0.336. The average molecular weight is 295 g/mol. The zero-order valence-electron chi connectivity index (χ0n) is 11.2. The second kappa shape index (κ2) is 6.41. The molecular formula is C17H13NO2S. The van der Waals surface area contributed by atoms with E-state index < -0.39 is 0 Å². The maximum absolute atomic E-state index is 10.5. The maximum atomic E-state index is 10.5. The lowest BCUT2D eigenvalue weighted by atomic mass is 10.1. The van der Waals surface area contributed by atoms with E-state index in [4.69, 9.17) is 4.42 Å². The van der Waals surface area contributed by atoms with Gasteiger partial charge in [0.15, 0.2) is 5.76 Å². The molecule has 0 spiro atoms. The molecule has 3 nitrogen and oxygen atoms in total. The van der Waals surface area contributed by atoms with Gasteiger partial charge in [-0.1, -0.05) is 72.4 Å². The molecule has 4 heteroatoms. The van der Waals surface area contributed by atoms with Gasteiger partial charge in [0.25, 0.3) is 5.22 Å². The van der Waals surface area contributed by atoms with E-state index in [-0.39, 0.29) is 0 Å². The molecule has 0 aliphatic carbocycles. The fourth-order valence-corrected chi connectivity index (χ4v) is 2.55. The van der Waals surface area contributed by atoms with Crippen LogP contribution in [0.4, 0.5) is 0 Å². The van der Waals surface area contributed by atoms with Gasteiger partial charge in [0.05, 0.1) is 5.75 Å². The first-order chi connectivity index (χ1) is 10.4. The second-order valence-electron chi connectivity index (χ2n) is 4.37. The fourth-order valence-electron chi connectivity index (χ4n) is 2.04. The van der Waals surface area contributed by atoms with Crippen LogP contribution in [0.5, 0.6) is 0 Å². The van der Waals surface area contributed by atoms with Gasteiger partial charge in [-0.25, -0.2) is 4.98 Å². The SMILES string of the molecule is O=CCSc1nc(-c2ccccc2)c(-c2ccccc2)o1. The number of aldehydes is 1. The first-order valence-corrected chi connectivity index (χ1v) is 7.55. The van der Waals surface area contributed by atoms with Crippen LogP contribution in [0.2, 0.25) is 0 Å². The van der Waals surface area contributed by atoms with Crippen molar-refractivity contribution in [1.82, 2.24) is 4.98 Å². The summed E-state index contributed by atoms with van der Waals surface area (Å²) in [7, 11) is 0. The van der Waals surface area contributed by atoms with E-state index in [9.17, 15) is 4.79 Å². The largest absolute Gasteiger partial charge is 0.431 e. The van der Waals surface area contributed by atoms with Crippen molar-refractivity contribution in [3.05, 3.63) is 60.7 Å². The molecule has 0 saturated heterocycles. The molecule has 3 aromatic rings. The molecule has 2 aromatic carbocycles. The van der Waals surface area contributed by atoms with Crippen LogP contribution in [-0.4, -0.2) is 17.0 Å². The van der Waals surface area contributed by atoms with Gasteiger partial charge in [0, 0.05) is 11.1 Å². The van der Waals surface area contributed by atoms with E-state index in [1.54, 1.807) is 0 Å². The molecule has 3 rings (SSSR count). The van der Waals surface area contributed by atoms with Crippen LogP contribution in [-0.2, 0) is 4.79 Å². The number of carbonyl (C=O) groups is 1. The Kier molecular flexibility index (Phi) is 4.17. The molecule has 0 aliphatic heterocycles. The Morgan fingerprint density at radius 3 is 2.19 bits per heavy atom. The van der Waals surface area contributed by atoms with Crippen LogP contribution < -0.4 is 0 Å². The molecule has 0 bridgehead atoms. The molecule has 104 valence electrons. The molecule has 0 atom stereocenters. The normalized spacial score (nSPS) is 10.5. The number of oxazole rings is 1. The van der Waals surface area contributed by atoms with E-state index in [1.807, 2.05) is 60.7 Å². The number of hydrogen-bond acceptors (Lipinski definition) is 4. The van der Waals surface area contributed by atoms with Crippen LogP contribution in [0.25, 0.3) is 22.6 Å². The molecule has 0 N–H and O–H groups in total. The predicted octanol–water partition coefficient (Wildman–Crippen LogP) is 4.30. The minimum atomic E-state index is 0.336. The van der Waals surface area contributed by atoms with Crippen molar-refractivity contribution in [3.63, 3.8) is 0 Å². The van der Waals surface area contributed by atoms with Gasteiger partial charge >= 0.3 is 0 Å². The van der Waals surface area contributed by atoms with Crippen molar-refractivity contribution < 1.29 is 9.21 Å². The Hall–Kier alpha value is -2.33. The topological polar surface area (TPSA) is 43.1 Å². The van der Waals surface area contributed by atoms with Crippen molar-refractivity contribution in [3.8, 4) is 22.6 Å². The zero-order chi connectivity index (χ0) is 14.5. The van der Waals surface area contributed by atoms with E-state index in [0.29, 0.717) is 11.0 Å². The molecule has 1 aromatic heterocycles. The molecule has 0 fully saturated rings. The van der Waals surface area contributed by atoms with Gasteiger partial charge < -0.3 is 9.21 Å². The standard InChI is InChI=1S/C17H13NO2S/c19-11-12-21-17-18-15(13-7-3-1-4-8-13)16(20-17)14-9-5-2-6-10-14/h1-11H,12H2. The van der Waals surface area contributed by atoms with Crippen LogP contribution in [0, 0.1) is 0 Å². The number of benzene rings is 2. The third-order valence-corrected chi connectivity index (χ3v) is 3.69. The summed E-state index contributed by atoms with van der Waals surface area (Å²) >= 11 is 1.30. The summed E-state index contributed by atoms with van der Waals surface area (Å²) in [4.78, 5) is 15.1. The van der Waals surface area contributed by atoms with Crippen molar-refractivity contribution >= 4 is 18.0 Å². The lowest BCUT2D eigenvalue weighted by molar-refractivity contribution is -0.105. The van der Waals surface area contributed by atoms with E-state index in [2.05, 4.69) is 4.98 Å². The van der Waals surface area contributed by atoms with Crippen molar-refractivity contribution in [2.75, 3.05) is 5.75 Å². The Morgan fingerprint density at radius 1 is 0.952 bits per heavy atom. The molecule has 21 heavy (non-hydrogen) atoms. The molecular weight excluding hydrogens is 282 g/mol. The number of carbonyl (C=O) groups excluding carboxylic acids is 1. The molecule has 1 heterocycles. The van der Waals surface area contributed by atoms with Gasteiger partial charge in [-0.3, -0.25) is 0 Å². The smallest absolute Gasteiger partial charge is 0.257 e. The van der Waals surface area contributed by atoms with E-state index in [1.165, 1.54) is 11.8 Å². The average Bonchev–Trinajstić information content (AvgIpc) is 2.99. The number of aromatic nitrogens is 1. The van der Waals surface area contributed by atoms with Crippen LogP contribution in [0.1, 0.15) is 0 Å².